The Morgan fingerprint density at radius 1 is 1.50 bits per heavy atom. The Kier molecular flexibility index (Phi) is 4.57. The van der Waals surface area contributed by atoms with Gasteiger partial charge in [0.05, 0.1) is 0 Å². The van der Waals surface area contributed by atoms with E-state index in [-0.39, 0.29) is 12.5 Å². The lowest BCUT2D eigenvalue weighted by Crippen LogP contribution is -2.31. The Morgan fingerprint density at radius 2 is 2.25 bits per heavy atom. The normalized spacial score (nSPS) is 10.1. The minimum atomic E-state index is -0.985. The molecule has 0 aliphatic carbocycles. The Balaban J connectivity index is 2.22. The Labute approximate surface area is 94.1 Å². The summed E-state index contributed by atoms with van der Waals surface area (Å²) >= 11 is 0. The fourth-order valence-electron chi connectivity index (χ4n) is 1.44. The number of carbonyl (C=O) groups is 2. The number of carbonyl (C=O) groups excluding carboxylic acids is 1. The zero-order valence-electron chi connectivity index (χ0n) is 9.27. The van der Waals surface area contributed by atoms with E-state index in [1.807, 2.05) is 18.5 Å². The molecular weight excluding hydrogens is 208 g/mol. The highest BCUT2D eigenvalue weighted by Gasteiger charge is 2.11. The van der Waals surface area contributed by atoms with Crippen molar-refractivity contribution in [2.75, 3.05) is 13.6 Å². The van der Waals surface area contributed by atoms with Crippen molar-refractivity contribution in [3.05, 3.63) is 24.0 Å². The monoisotopic (exact) mass is 224 g/mol. The fourth-order valence-corrected chi connectivity index (χ4v) is 1.44. The van der Waals surface area contributed by atoms with Gasteiger partial charge in [0.1, 0.15) is 6.54 Å². The van der Waals surface area contributed by atoms with Crippen LogP contribution in [0.1, 0.15) is 18.4 Å². The van der Waals surface area contributed by atoms with Crippen LogP contribution in [-0.4, -0.2) is 40.5 Å². The summed E-state index contributed by atoms with van der Waals surface area (Å²) in [5.41, 5.74) is 1.16. The molecule has 0 aromatic carbocycles. The summed E-state index contributed by atoms with van der Waals surface area (Å²) in [7, 11) is 1.51. The first-order chi connectivity index (χ1) is 7.59. The lowest BCUT2D eigenvalue weighted by molar-refractivity contribution is -0.143. The number of aryl methyl sites for hydroxylation is 1. The van der Waals surface area contributed by atoms with Crippen molar-refractivity contribution in [3.8, 4) is 0 Å². The molecule has 88 valence electrons. The molecule has 1 rings (SSSR count). The van der Waals surface area contributed by atoms with Gasteiger partial charge in [0, 0.05) is 25.9 Å². The van der Waals surface area contributed by atoms with E-state index in [1.54, 1.807) is 0 Å². The third-order valence-electron chi connectivity index (χ3n) is 2.32. The highest BCUT2D eigenvalue weighted by atomic mass is 16.4. The molecule has 16 heavy (non-hydrogen) atoms. The van der Waals surface area contributed by atoms with Crippen LogP contribution in [0.5, 0.6) is 0 Å². The van der Waals surface area contributed by atoms with E-state index in [9.17, 15) is 9.59 Å². The second kappa shape index (κ2) is 5.95. The minimum Gasteiger partial charge on any atom is -0.480 e. The molecule has 0 radical (unpaired) electrons. The molecule has 0 bridgehead atoms. The van der Waals surface area contributed by atoms with Gasteiger partial charge >= 0.3 is 5.97 Å². The van der Waals surface area contributed by atoms with Crippen LogP contribution < -0.4 is 0 Å². The number of aromatic nitrogens is 1. The highest BCUT2D eigenvalue weighted by molar-refractivity contribution is 5.80. The van der Waals surface area contributed by atoms with Crippen LogP contribution in [0.4, 0.5) is 0 Å². The third kappa shape index (κ3) is 4.16. The van der Waals surface area contributed by atoms with Crippen molar-refractivity contribution in [2.45, 2.75) is 19.3 Å². The maximum absolute atomic E-state index is 11.5. The number of H-pyrrole nitrogens is 1. The molecule has 2 N–H and O–H groups in total. The second-order valence-corrected chi connectivity index (χ2v) is 3.72. The van der Waals surface area contributed by atoms with E-state index in [1.165, 1.54) is 11.9 Å². The first-order valence-corrected chi connectivity index (χ1v) is 5.17. The average molecular weight is 224 g/mol. The molecule has 0 unspecified atom stereocenters. The third-order valence-corrected chi connectivity index (χ3v) is 2.32. The van der Waals surface area contributed by atoms with Gasteiger partial charge in [0.2, 0.25) is 5.91 Å². The highest BCUT2D eigenvalue weighted by Crippen LogP contribution is 2.04. The molecule has 1 aromatic heterocycles. The van der Waals surface area contributed by atoms with E-state index < -0.39 is 5.97 Å². The number of carboxylic acids is 1. The number of amides is 1. The van der Waals surface area contributed by atoms with Crippen LogP contribution in [-0.2, 0) is 16.0 Å². The van der Waals surface area contributed by atoms with E-state index in [4.69, 9.17) is 5.11 Å². The van der Waals surface area contributed by atoms with E-state index in [0.717, 1.165) is 18.4 Å². The molecule has 0 spiro atoms. The van der Waals surface area contributed by atoms with E-state index >= 15 is 0 Å². The van der Waals surface area contributed by atoms with Crippen LogP contribution in [0, 0.1) is 0 Å². The van der Waals surface area contributed by atoms with Crippen LogP contribution in [0.2, 0.25) is 0 Å². The number of likely N-dealkylation sites (N-methyl/N-ethyl adjacent to an activating group) is 1. The van der Waals surface area contributed by atoms with Gasteiger partial charge in [-0.2, -0.15) is 0 Å². The predicted octanol–water partition coefficient (Wildman–Crippen LogP) is 0.880. The molecule has 1 amide bonds. The van der Waals surface area contributed by atoms with Gasteiger partial charge in [-0.3, -0.25) is 9.59 Å². The maximum atomic E-state index is 11.5. The first kappa shape index (κ1) is 12.3. The molecule has 0 saturated heterocycles. The Hall–Kier alpha value is -1.78. The largest absolute Gasteiger partial charge is 0.480 e. The van der Waals surface area contributed by atoms with Gasteiger partial charge in [0.15, 0.2) is 0 Å². The number of rotatable bonds is 6. The van der Waals surface area contributed by atoms with Gasteiger partial charge in [-0.15, -0.1) is 0 Å². The molecular formula is C11H16N2O3. The quantitative estimate of drug-likeness (QED) is 0.753. The van der Waals surface area contributed by atoms with Gasteiger partial charge in [-0.1, -0.05) is 0 Å². The predicted molar refractivity (Wildman–Crippen MR) is 59.0 cm³/mol. The topological polar surface area (TPSA) is 73.4 Å². The summed E-state index contributed by atoms with van der Waals surface area (Å²) in [6, 6.07) is 1.96. The summed E-state index contributed by atoms with van der Waals surface area (Å²) in [4.78, 5) is 26.0. The van der Waals surface area contributed by atoms with Crippen LogP contribution in [0.3, 0.4) is 0 Å². The minimum absolute atomic E-state index is 0.127. The van der Waals surface area contributed by atoms with Gasteiger partial charge < -0.3 is 15.0 Å². The number of hydrogen-bond donors (Lipinski definition) is 2. The average Bonchev–Trinajstić information content (AvgIpc) is 2.69. The molecule has 0 atom stereocenters. The zero-order chi connectivity index (χ0) is 12.0. The van der Waals surface area contributed by atoms with Crippen molar-refractivity contribution in [1.82, 2.24) is 9.88 Å². The van der Waals surface area contributed by atoms with Crippen molar-refractivity contribution in [2.24, 2.45) is 0 Å². The molecule has 5 nitrogen and oxygen atoms in total. The molecule has 5 heteroatoms. The Morgan fingerprint density at radius 3 is 2.81 bits per heavy atom. The Bertz CT molecular complexity index is 346. The zero-order valence-corrected chi connectivity index (χ0v) is 9.27. The number of carboxylic acid groups (broad SMARTS) is 1. The summed E-state index contributed by atoms with van der Waals surface area (Å²) in [6.45, 7) is -0.233. The summed E-state index contributed by atoms with van der Waals surface area (Å²) in [5, 5.41) is 8.51. The molecule has 1 heterocycles. The molecule has 0 saturated carbocycles. The maximum Gasteiger partial charge on any atom is 0.323 e. The number of aliphatic carboxylic acids is 1. The van der Waals surface area contributed by atoms with Gasteiger partial charge in [-0.05, 0) is 24.5 Å². The van der Waals surface area contributed by atoms with Crippen molar-refractivity contribution >= 4 is 11.9 Å². The van der Waals surface area contributed by atoms with Crippen LogP contribution in [0.25, 0.3) is 0 Å². The smallest absolute Gasteiger partial charge is 0.323 e. The number of hydrogen-bond acceptors (Lipinski definition) is 2. The number of nitrogens with zero attached hydrogens (tertiary/aromatic N) is 1. The van der Waals surface area contributed by atoms with Crippen LogP contribution >= 0.6 is 0 Å². The van der Waals surface area contributed by atoms with Gasteiger partial charge in [-0.25, -0.2) is 0 Å². The van der Waals surface area contributed by atoms with Crippen LogP contribution in [0.15, 0.2) is 18.5 Å². The number of nitrogens with one attached hydrogen (secondary N) is 1. The molecule has 1 aromatic rings. The van der Waals surface area contributed by atoms with Crippen molar-refractivity contribution in [3.63, 3.8) is 0 Å². The summed E-state index contributed by atoms with van der Waals surface area (Å²) < 4.78 is 0. The van der Waals surface area contributed by atoms with Crippen molar-refractivity contribution < 1.29 is 14.7 Å². The first-order valence-electron chi connectivity index (χ1n) is 5.17. The fraction of sp³-hybridized carbons (Fsp3) is 0.455. The molecule has 0 aliphatic rings. The number of aromatic amines is 1. The standard InChI is InChI=1S/C11H16N2O3/c1-13(8-11(15)16)10(14)4-2-3-9-5-6-12-7-9/h5-7,12H,2-4,8H2,1H3,(H,15,16). The van der Waals surface area contributed by atoms with Gasteiger partial charge in [0.25, 0.3) is 0 Å². The van der Waals surface area contributed by atoms with E-state index in [0.29, 0.717) is 6.42 Å². The van der Waals surface area contributed by atoms with E-state index in [2.05, 4.69) is 4.98 Å². The SMILES string of the molecule is CN(CC(=O)O)C(=O)CCCc1cc[nH]c1. The van der Waals surface area contributed by atoms with Crippen molar-refractivity contribution in [1.29, 1.82) is 0 Å². The lowest BCUT2D eigenvalue weighted by Gasteiger charge is -2.13. The summed E-state index contributed by atoms with van der Waals surface area (Å²) in [5.74, 6) is -1.11. The second-order valence-electron chi connectivity index (χ2n) is 3.72. The lowest BCUT2D eigenvalue weighted by atomic mass is 10.1. The summed E-state index contributed by atoms with van der Waals surface area (Å²) in [6.07, 6.45) is 5.69. The molecule has 0 fully saturated rings. The molecule has 0 aliphatic heterocycles.